The van der Waals surface area contributed by atoms with Crippen molar-refractivity contribution in [2.45, 2.75) is 25.3 Å². The van der Waals surface area contributed by atoms with Gasteiger partial charge in [-0.2, -0.15) is 0 Å². The minimum Gasteiger partial charge on any atom is -0.320 e. The molecule has 1 aromatic carbocycles. The van der Waals surface area contributed by atoms with Crippen molar-refractivity contribution in [3.63, 3.8) is 0 Å². The number of carbonyl (C=O) groups is 1. The summed E-state index contributed by atoms with van der Waals surface area (Å²) in [6, 6.07) is 5.10. The summed E-state index contributed by atoms with van der Waals surface area (Å²) in [6.45, 7) is 0.598. The molecular formula is C12H14BrN3O3. The van der Waals surface area contributed by atoms with Gasteiger partial charge in [-0.1, -0.05) is 15.9 Å². The minimum absolute atomic E-state index is 0.113. The highest BCUT2D eigenvalue weighted by Crippen LogP contribution is 2.28. The maximum atomic E-state index is 11.7. The largest absolute Gasteiger partial charge is 0.320 e. The quantitative estimate of drug-likeness (QED) is 0.620. The first kappa shape index (κ1) is 14.0. The van der Waals surface area contributed by atoms with E-state index in [4.69, 9.17) is 0 Å². The van der Waals surface area contributed by atoms with E-state index in [1.807, 2.05) is 0 Å². The third-order valence-corrected chi connectivity index (χ3v) is 3.29. The summed E-state index contributed by atoms with van der Waals surface area (Å²) >= 11 is 3.17. The van der Waals surface area contributed by atoms with Gasteiger partial charge < -0.3 is 10.6 Å². The van der Waals surface area contributed by atoms with Crippen LogP contribution in [0.4, 0.5) is 11.4 Å². The Labute approximate surface area is 118 Å². The number of halogens is 1. The van der Waals surface area contributed by atoms with Crippen LogP contribution in [0.1, 0.15) is 19.3 Å². The molecular weight excluding hydrogens is 314 g/mol. The zero-order chi connectivity index (χ0) is 13.8. The summed E-state index contributed by atoms with van der Waals surface area (Å²) in [4.78, 5) is 22.1. The summed E-state index contributed by atoms with van der Waals surface area (Å²) in [6.07, 6.45) is 2.64. The fourth-order valence-corrected chi connectivity index (χ4v) is 2.00. The van der Waals surface area contributed by atoms with Crippen LogP contribution in [0.15, 0.2) is 22.7 Å². The van der Waals surface area contributed by atoms with E-state index in [1.165, 1.54) is 25.0 Å². The van der Waals surface area contributed by atoms with Crippen molar-refractivity contribution in [2.24, 2.45) is 0 Å². The molecule has 2 rings (SSSR count). The van der Waals surface area contributed by atoms with Crippen LogP contribution >= 0.6 is 15.9 Å². The molecule has 1 amide bonds. The topological polar surface area (TPSA) is 84.3 Å². The standard InChI is InChI=1S/C12H14BrN3O3/c13-8-1-4-10(11(7-8)16(18)19)15-12(17)5-6-14-9-2-3-9/h1,4,7,9,14H,2-3,5-6H2,(H,15,17). The molecule has 1 aromatic rings. The fourth-order valence-electron chi connectivity index (χ4n) is 1.65. The normalized spacial score (nSPS) is 14.2. The highest BCUT2D eigenvalue weighted by atomic mass is 79.9. The number of nitro benzene ring substituents is 1. The minimum atomic E-state index is -0.511. The fraction of sp³-hybridized carbons (Fsp3) is 0.417. The lowest BCUT2D eigenvalue weighted by molar-refractivity contribution is -0.384. The number of carbonyl (C=O) groups excluding carboxylic acids is 1. The van der Waals surface area contributed by atoms with Gasteiger partial charge in [-0.05, 0) is 25.0 Å². The molecule has 0 aliphatic heterocycles. The summed E-state index contributed by atoms with van der Waals surface area (Å²) < 4.78 is 0.604. The highest BCUT2D eigenvalue weighted by molar-refractivity contribution is 9.10. The Morgan fingerprint density at radius 2 is 2.21 bits per heavy atom. The molecule has 7 heteroatoms. The Kier molecular flexibility index (Phi) is 4.49. The first-order valence-electron chi connectivity index (χ1n) is 6.03. The zero-order valence-electron chi connectivity index (χ0n) is 10.2. The summed E-state index contributed by atoms with van der Waals surface area (Å²) in [5, 5.41) is 16.7. The van der Waals surface area contributed by atoms with Crippen LogP contribution in [0.25, 0.3) is 0 Å². The monoisotopic (exact) mass is 327 g/mol. The van der Waals surface area contributed by atoms with Gasteiger partial charge in [0, 0.05) is 29.5 Å². The lowest BCUT2D eigenvalue weighted by Gasteiger charge is -2.06. The van der Waals surface area contributed by atoms with E-state index < -0.39 is 4.92 Å². The molecule has 0 bridgehead atoms. The predicted octanol–water partition coefficient (Wildman–Crippen LogP) is 2.44. The summed E-state index contributed by atoms with van der Waals surface area (Å²) in [5.74, 6) is -0.224. The van der Waals surface area contributed by atoms with Crippen molar-refractivity contribution in [3.05, 3.63) is 32.8 Å². The Hall–Kier alpha value is -1.47. The molecule has 0 spiro atoms. The van der Waals surface area contributed by atoms with Gasteiger partial charge in [0.05, 0.1) is 4.92 Å². The number of benzene rings is 1. The molecule has 1 fully saturated rings. The van der Waals surface area contributed by atoms with Crippen molar-refractivity contribution in [2.75, 3.05) is 11.9 Å². The molecule has 0 heterocycles. The molecule has 0 aromatic heterocycles. The molecule has 0 atom stereocenters. The average molecular weight is 328 g/mol. The molecule has 1 aliphatic carbocycles. The highest BCUT2D eigenvalue weighted by Gasteiger charge is 2.20. The zero-order valence-corrected chi connectivity index (χ0v) is 11.8. The van der Waals surface area contributed by atoms with Gasteiger partial charge in [-0.25, -0.2) is 0 Å². The number of hydrogen-bond acceptors (Lipinski definition) is 4. The van der Waals surface area contributed by atoms with Crippen molar-refractivity contribution in [1.29, 1.82) is 0 Å². The van der Waals surface area contributed by atoms with Crippen LogP contribution in [0.2, 0.25) is 0 Å². The maximum Gasteiger partial charge on any atom is 0.293 e. The number of hydrogen-bond donors (Lipinski definition) is 2. The number of nitrogens with one attached hydrogen (secondary N) is 2. The van der Waals surface area contributed by atoms with Crippen LogP contribution in [0.5, 0.6) is 0 Å². The van der Waals surface area contributed by atoms with Gasteiger partial charge in [0.2, 0.25) is 5.91 Å². The first-order valence-corrected chi connectivity index (χ1v) is 6.83. The molecule has 19 heavy (non-hydrogen) atoms. The predicted molar refractivity (Wildman–Crippen MR) is 75.1 cm³/mol. The SMILES string of the molecule is O=C(CCNC1CC1)Nc1ccc(Br)cc1[N+](=O)[O-]. The third-order valence-electron chi connectivity index (χ3n) is 2.79. The number of anilines is 1. The Morgan fingerprint density at radius 1 is 1.47 bits per heavy atom. The number of nitrogens with zero attached hydrogens (tertiary/aromatic N) is 1. The van der Waals surface area contributed by atoms with Gasteiger partial charge in [-0.3, -0.25) is 14.9 Å². The molecule has 0 unspecified atom stereocenters. The van der Waals surface area contributed by atoms with Gasteiger partial charge in [0.1, 0.15) is 5.69 Å². The number of nitro groups is 1. The summed E-state index contributed by atoms with van der Waals surface area (Å²) in [5.41, 5.74) is 0.113. The van der Waals surface area contributed by atoms with E-state index in [0.29, 0.717) is 23.5 Å². The van der Waals surface area contributed by atoms with Crippen molar-refractivity contribution in [1.82, 2.24) is 5.32 Å². The molecule has 6 nitrogen and oxygen atoms in total. The van der Waals surface area contributed by atoms with Crippen molar-refractivity contribution in [3.8, 4) is 0 Å². The van der Waals surface area contributed by atoms with E-state index in [-0.39, 0.29) is 17.3 Å². The van der Waals surface area contributed by atoms with Crippen molar-refractivity contribution >= 4 is 33.2 Å². The second-order valence-electron chi connectivity index (χ2n) is 4.45. The number of amides is 1. The van der Waals surface area contributed by atoms with Crippen LogP contribution in [-0.2, 0) is 4.79 Å². The van der Waals surface area contributed by atoms with Crippen LogP contribution in [0, 0.1) is 10.1 Å². The lowest BCUT2D eigenvalue weighted by Crippen LogP contribution is -2.23. The lowest BCUT2D eigenvalue weighted by atomic mass is 10.2. The van der Waals surface area contributed by atoms with E-state index in [1.54, 1.807) is 6.07 Å². The van der Waals surface area contributed by atoms with E-state index in [2.05, 4.69) is 26.6 Å². The van der Waals surface area contributed by atoms with Crippen LogP contribution < -0.4 is 10.6 Å². The molecule has 2 N–H and O–H groups in total. The van der Waals surface area contributed by atoms with Crippen LogP contribution in [0.3, 0.4) is 0 Å². The summed E-state index contributed by atoms with van der Waals surface area (Å²) in [7, 11) is 0. The van der Waals surface area contributed by atoms with E-state index in [0.717, 1.165) is 0 Å². The Bertz CT molecular complexity index is 503. The Morgan fingerprint density at radius 3 is 2.84 bits per heavy atom. The first-order chi connectivity index (χ1) is 9.06. The second kappa shape index (κ2) is 6.12. The van der Waals surface area contributed by atoms with Gasteiger partial charge in [0.15, 0.2) is 0 Å². The van der Waals surface area contributed by atoms with E-state index in [9.17, 15) is 14.9 Å². The molecule has 0 saturated heterocycles. The average Bonchev–Trinajstić information content (AvgIpc) is 3.15. The van der Waals surface area contributed by atoms with Crippen molar-refractivity contribution < 1.29 is 9.72 Å². The third kappa shape index (κ3) is 4.29. The van der Waals surface area contributed by atoms with Gasteiger partial charge in [0.25, 0.3) is 5.69 Å². The molecule has 0 radical (unpaired) electrons. The van der Waals surface area contributed by atoms with Gasteiger partial charge in [-0.15, -0.1) is 0 Å². The second-order valence-corrected chi connectivity index (χ2v) is 5.36. The van der Waals surface area contributed by atoms with Gasteiger partial charge >= 0.3 is 0 Å². The molecule has 102 valence electrons. The Balaban J connectivity index is 1.93. The van der Waals surface area contributed by atoms with E-state index >= 15 is 0 Å². The van der Waals surface area contributed by atoms with Crippen LogP contribution in [-0.4, -0.2) is 23.4 Å². The molecule has 1 aliphatic rings. The number of rotatable bonds is 6. The smallest absolute Gasteiger partial charge is 0.293 e. The maximum absolute atomic E-state index is 11.7. The molecule has 1 saturated carbocycles.